The first kappa shape index (κ1) is 22.3. The molecule has 1 aromatic carbocycles. The Hall–Kier alpha value is -1.99. The summed E-state index contributed by atoms with van der Waals surface area (Å²) in [7, 11) is 6.52. The number of hydrogen-bond donors (Lipinski definition) is 1. The summed E-state index contributed by atoms with van der Waals surface area (Å²) in [6.07, 6.45) is 3.40. The van der Waals surface area contributed by atoms with Crippen LogP contribution >= 0.6 is 0 Å². The molecule has 1 atom stereocenters. The van der Waals surface area contributed by atoms with E-state index in [1.165, 1.54) is 12.8 Å². The van der Waals surface area contributed by atoms with E-state index in [0.717, 1.165) is 31.8 Å². The number of nitrogens with one attached hydrogen (secondary N) is 1. The smallest absolute Gasteiger partial charge is 0.220 e. The molecule has 0 bridgehead atoms. The second-order valence-electron chi connectivity index (χ2n) is 7.11. The Bertz CT molecular complexity index is 621. The van der Waals surface area contributed by atoms with Crippen LogP contribution in [-0.2, 0) is 16.0 Å². The van der Waals surface area contributed by atoms with Crippen LogP contribution < -0.4 is 19.5 Å². The van der Waals surface area contributed by atoms with Crippen molar-refractivity contribution in [1.29, 1.82) is 0 Å². The number of methoxy groups -OCH3 is 4. The van der Waals surface area contributed by atoms with Gasteiger partial charge < -0.3 is 29.2 Å². The molecular weight excluding hydrogens is 360 g/mol. The first-order valence-corrected chi connectivity index (χ1v) is 9.88. The first-order valence-electron chi connectivity index (χ1n) is 9.88. The molecule has 0 spiro atoms. The Morgan fingerprint density at radius 1 is 1.14 bits per heavy atom. The highest BCUT2D eigenvalue weighted by molar-refractivity contribution is 5.76. The average molecular weight is 395 g/mol. The quantitative estimate of drug-likeness (QED) is 0.620. The van der Waals surface area contributed by atoms with Crippen molar-refractivity contribution in [2.75, 3.05) is 61.2 Å². The standard InChI is InChI=1S/C21H34N2O5/c1-25-15-16-6-5-12-23(14-16)13-11-22-19(24)10-8-17-7-9-18(26-2)21(28-4)20(17)27-3/h7,9,16H,5-6,8,10-15H2,1-4H3,(H,22,24)/t16-/m1/s1. The molecule has 0 aromatic heterocycles. The topological polar surface area (TPSA) is 69.3 Å². The second kappa shape index (κ2) is 11.8. The summed E-state index contributed by atoms with van der Waals surface area (Å²) in [6.45, 7) is 4.51. The Morgan fingerprint density at radius 2 is 1.93 bits per heavy atom. The lowest BCUT2D eigenvalue weighted by Crippen LogP contribution is -2.41. The molecule has 7 heteroatoms. The zero-order valence-corrected chi connectivity index (χ0v) is 17.6. The van der Waals surface area contributed by atoms with E-state index in [1.807, 2.05) is 12.1 Å². The zero-order valence-electron chi connectivity index (χ0n) is 17.6. The highest BCUT2D eigenvalue weighted by Crippen LogP contribution is 2.40. The molecule has 1 aromatic rings. The van der Waals surface area contributed by atoms with Gasteiger partial charge in [0.2, 0.25) is 11.7 Å². The molecule has 2 rings (SSSR count). The number of ether oxygens (including phenoxy) is 4. The van der Waals surface area contributed by atoms with Crippen LogP contribution in [0, 0.1) is 5.92 Å². The largest absolute Gasteiger partial charge is 0.493 e. The molecule has 1 aliphatic rings. The number of aryl methyl sites for hydroxylation is 1. The summed E-state index contributed by atoms with van der Waals surface area (Å²) >= 11 is 0. The zero-order chi connectivity index (χ0) is 20.4. The van der Waals surface area contributed by atoms with E-state index in [2.05, 4.69) is 10.2 Å². The third-order valence-corrected chi connectivity index (χ3v) is 5.16. The lowest BCUT2D eigenvalue weighted by molar-refractivity contribution is -0.121. The normalized spacial score (nSPS) is 17.2. The van der Waals surface area contributed by atoms with Gasteiger partial charge in [0.1, 0.15) is 0 Å². The molecule has 1 amide bonds. The molecular formula is C21H34N2O5. The van der Waals surface area contributed by atoms with E-state index in [9.17, 15) is 4.79 Å². The summed E-state index contributed by atoms with van der Waals surface area (Å²) in [4.78, 5) is 14.7. The van der Waals surface area contributed by atoms with Crippen LogP contribution in [0.2, 0.25) is 0 Å². The maximum Gasteiger partial charge on any atom is 0.220 e. The van der Waals surface area contributed by atoms with Crippen LogP contribution in [-0.4, -0.2) is 72.0 Å². The van der Waals surface area contributed by atoms with Crippen molar-refractivity contribution in [2.24, 2.45) is 5.92 Å². The number of carbonyl (C=O) groups is 1. The van der Waals surface area contributed by atoms with Crippen LogP contribution in [0.25, 0.3) is 0 Å². The van der Waals surface area contributed by atoms with E-state index < -0.39 is 0 Å². The molecule has 1 heterocycles. The molecule has 1 N–H and O–H groups in total. The van der Waals surface area contributed by atoms with Crippen molar-refractivity contribution >= 4 is 5.91 Å². The van der Waals surface area contributed by atoms with Gasteiger partial charge in [-0.1, -0.05) is 6.07 Å². The molecule has 158 valence electrons. The molecule has 0 aliphatic carbocycles. The number of nitrogens with zero attached hydrogens (tertiary/aromatic N) is 1. The van der Waals surface area contributed by atoms with Crippen LogP contribution in [0.4, 0.5) is 0 Å². The summed E-state index contributed by atoms with van der Waals surface area (Å²) in [5.41, 5.74) is 0.925. The van der Waals surface area contributed by atoms with Crippen LogP contribution in [0.15, 0.2) is 12.1 Å². The summed E-state index contributed by atoms with van der Waals surface area (Å²) in [5.74, 6) is 2.43. The van der Waals surface area contributed by atoms with Crippen molar-refractivity contribution < 1.29 is 23.7 Å². The molecule has 1 fully saturated rings. The molecule has 0 unspecified atom stereocenters. The van der Waals surface area contributed by atoms with Gasteiger partial charge in [-0.3, -0.25) is 4.79 Å². The fourth-order valence-corrected chi connectivity index (χ4v) is 3.78. The molecule has 28 heavy (non-hydrogen) atoms. The summed E-state index contributed by atoms with van der Waals surface area (Å²) in [6, 6.07) is 3.75. The van der Waals surface area contributed by atoms with Gasteiger partial charge in [0.05, 0.1) is 27.9 Å². The predicted octanol–water partition coefficient (Wildman–Crippen LogP) is 2.12. The Morgan fingerprint density at radius 3 is 2.61 bits per heavy atom. The van der Waals surface area contributed by atoms with Crippen molar-refractivity contribution in [3.8, 4) is 17.2 Å². The number of likely N-dealkylation sites (tertiary alicyclic amines) is 1. The van der Waals surface area contributed by atoms with Gasteiger partial charge >= 0.3 is 0 Å². The number of piperidine rings is 1. The average Bonchev–Trinajstić information content (AvgIpc) is 2.71. The number of carbonyl (C=O) groups excluding carboxylic acids is 1. The fourth-order valence-electron chi connectivity index (χ4n) is 3.78. The van der Waals surface area contributed by atoms with Gasteiger partial charge in [-0.05, 0) is 43.4 Å². The maximum atomic E-state index is 12.3. The highest BCUT2D eigenvalue weighted by Gasteiger charge is 2.20. The number of rotatable bonds is 11. The highest BCUT2D eigenvalue weighted by atomic mass is 16.5. The number of benzene rings is 1. The molecule has 1 saturated heterocycles. The summed E-state index contributed by atoms with van der Waals surface area (Å²) < 4.78 is 21.4. The van der Waals surface area contributed by atoms with E-state index >= 15 is 0 Å². The number of hydrogen-bond acceptors (Lipinski definition) is 6. The minimum atomic E-state index is 0.0438. The molecule has 0 saturated carbocycles. The monoisotopic (exact) mass is 394 g/mol. The van der Waals surface area contributed by atoms with Crippen molar-refractivity contribution in [2.45, 2.75) is 25.7 Å². The van der Waals surface area contributed by atoms with Crippen LogP contribution in [0.3, 0.4) is 0 Å². The minimum Gasteiger partial charge on any atom is -0.493 e. The van der Waals surface area contributed by atoms with Crippen molar-refractivity contribution in [1.82, 2.24) is 10.2 Å². The predicted molar refractivity (Wildman–Crippen MR) is 108 cm³/mol. The van der Waals surface area contributed by atoms with Crippen LogP contribution in [0.1, 0.15) is 24.8 Å². The Labute approximate surface area is 168 Å². The van der Waals surface area contributed by atoms with Gasteiger partial charge in [0, 0.05) is 33.2 Å². The first-order chi connectivity index (χ1) is 13.6. The van der Waals surface area contributed by atoms with E-state index in [4.69, 9.17) is 18.9 Å². The Balaban J connectivity index is 1.78. The molecule has 7 nitrogen and oxygen atoms in total. The Kier molecular flexibility index (Phi) is 9.37. The second-order valence-corrected chi connectivity index (χ2v) is 7.11. The van der Waals surface area contributed by atoms with E-state index in [0.29, 0.717) is 42.6 Å². The summed E-state index contributed by atoms with van der Waals surface area (Å²) in [5, 5.41) is 3.03. The minimum absolute atomic E-state index is 0.0438. The lowest BCUT2D eigenvalue weighted by Gasteiger charge is -2.32. The van der Waals surface area contributed by atoms with Gasteiger partial charge in [-0.25, -0.2) is 0 Å². The van der Waals surface area contributed by atoms with E-state index in [1.54, 1.807) is 28.4 Å². The van der Waals surface area contributed by atoms with Gasteiger partial charge in [-0.15, -0.1) is 0 Å². The van der Waals surface area contributed by atoms with Gasteiger partial charge in [0.15, 0.2) is 11.5 Å². The van der Waals surface area contributed by atoms with Crippen LogP contribution in [0.5, 0.6) is 17.2 Å². The van der Waals surface area contributed by atoms with E-state index in [-0.39, 0.29) is 5.91 Å². The van der Waals surface area contributed by atoms with Gasteiger partial charge in [-0.2, -0.15) is 0 Å². The molecule has 0 radical (unpaired) electrons. The van der Waals surface area contributed by atoms with Crippen molar-refractivity contribution in [3.63, 3.8) is 0 Å². The fraction of sp³-hybridized carbons (Fsp3) is 0.667. The third-order valence-electron chi connectivity index (χ3n) is 5.16. The van der Waals surface area contributed by atoms with Gasteiger partial charge in [0.25, 0.3) is 0 Å². The third kappa shape index (κ3) is 6.27. The molecule has 1 aliphatic heterocycles. The maximum absolute atomic E-state index is 12.3. The number of amides is 1. The van der Waals surface area contributed by atoms with Crippen molar-refractivity contribution in [3.05, 3.63) is 17.7 Å². The lowest BCUT2D eigenvalue weighted by atomic mass is 9.99. The SMILES string of the molecule is COC[C@@H]1CCCN(CCNC(=O)CCc2ccc(OC)c(OC)c2OC)C1.